The minimum absolute atomic E-state index is 0.00142. The number of hydrogen-bond acceptors (Lipinski definition) is 6. The van der Waals surface area contributed by atoms with Gasteiger partial charge in [-0.05, 0) is 41.5 Å². The summed E-state index contributed by atoms with van der Waals surface area (Å²) in [6.07, 6.45) is 0. The van der Waals surface area contributed by atoms with Gasteiger partial charge in [0.1, 0.15) is 5.52 Å². The summed E-state index contributed by atoms with van der Waals surface area (Å²) >= 11 is 24.4. The lowest BCUT2D eigenvalue weighted by Gasteiger charge is -2.14. The quantitative estimate of drug-likeness (QED) is 0.243. The number of nitro benzene ring substituents is 1. The Morgan fingerprint density at radius 3 is 1.90 bits per heavy atom. The Hall–Kier alpha value is -2.84. The highest BCUT2D eigenvalue weighted by atomic mass is 35.5. The summed E-state index contributed by atoms with van der Waals surface area (Å²) in [7, 11) is 0. The maximum absolute atomic E-state index is 12.3. The van der Waals surface area contributed by atoms with E-state index in [2.05, 4.69) is 9.97 Å². The first kappa shape index (κ1) is 21.4. The molecule has 4 rings (SSSR count). The molecule has 0 aliphatic carbocycles. The summed E-state index contributed by atoms with van der Waals surface area (Å²) in [5.74, 6) is -0.0491. The van der Waals surface area contributed by atoms with Crippen LogP contribution in [0.15, 0.2) is 42.5 Å². The number of nitrogen functional groups attached to an aromatic ring is 2. The SMILES string of the molecule is Nc1nc2cc(-c3ccc(Cl)c(Cl)c3)c([N+](=O)[O-])c(-c3ccc(Cl)c(Cl)c3)c2nc1N. The standard InChI is InChI=1S/C20H11Cl4N5O2/c21-11-3-1-8(5-13(11)23)10-7-15-17(28-20(26)19(25)27-15)16(18(10)29(30)31)9-2-4-12(22)14(24)6-9/h1-7H,(H2,25,27)(H2,26,28). The first-order valence-corrected chi connectivity index (χ1v) is 10.1. The zero-order chi connectivity index (χ0) is 22.4. The highest BCUT2D eigenvalue weighted by Crippen LogP contribution is 2.45. The monoisotopic (exact) mass is 493 g/mol. The molecule has 0 saturated carbocycles. The molecule has 156 valence electrons. The van der Waals surface area contributed by atoms with E-state index in [1.165, 1.54) is 24.3 Å². The molecule has 0 bridgehead atoms. The Bertz CT molecular complexity index is 1390. The second-order valence-electron chi connectivity index (χ2n) is 6.52. The van der Waals surface area contributed by atoms with Crippen LogP contribution in [0.3, 0.4) is 0 Å². The molecule has 0 unspecified atom stereocenters. The van der Waals surface area contributed by atoms with E-state index in [0.29, 0.717) is 26.7 Å². The molecule has 0 amide bonds. The molecule has 0 spiro atoms. The van der Waals surface area contributed by atoms with Gasteiger partial charge in [-0.1, -0.05) is 58.5 Å². The molecule has 0 fully saturated rings. The predicted molar refractivity (Wildman–Crippen MR) is 126 cm³/mol. The zero-order valence-electron chi connectivity index (χ0n) is 15.4. The number of anilines is 2. The molecule has 4 N–H and O–H groups in total. The van der Waals surface area contributed by atoms with E-state index in [-0.39, 0.29) is 44.0 Å². The van der Waals surface area contributed by atoms with E-state index in [9.17, 15) is 10.1 Å². The Morgan fingerprint density at radius 1 is 0.774 bits per heavy atom. The summed E-state index contributed by atoms with van der Waals surface area (Å²) < 4.78 is 0. The van der Waals surface area contributed by atoms with Crippen LogP contribution >= 0.6 is 46.4 Å². The van der Waals surface area contributed by atoms with Crippen LogP contribution in [-0.2, 0) is 0 Å². The largest absolute Gasteiger partial charge is 0.381 e. The number of hydrogen-bond donors (Lipinski definition) is 2. The summed E-state index contributed by atoms with van der Waals surface area (Å²) in [5.41, 5.74) is 13.2. The topological polar surface area (TPSA) is 121 Å². The van der Waals surface area contributed by atoms with E-state index in [1.807, 2.05) is 0 Å². The molecule has 0 radical (unpaired) electrons. The number of nitrogens with zero attached hydrogens (tertiary/aromatic N) is 3. The Kier molecular flexibility index (Phi) is 5.53. The molecule has 31 heavy (non-hydrogen) atoms. The van der Waals surface area contributed by atoms with Crippen molar-refractivity contribution >= 4 is 74.8 Å². The van der Waals surface area contributed by atoms with Gasteiger partial charge in [0, 0.05) is 0 Å². The average Bonchev–Trinajstić information content (AvgIpc) is 2.71. The van der Waals surface area contributed by atoms with E-state index in [0.717, 1.165) is 0 Å². The molecular weight excluding hydrogens is 484 g/mol. The Balaban J connectivity index is 2.20. The van der Waals surface area contributed by atoms with E-state index in [1.54, 1.807) is 18.2 Å². The highest BCUT2D eigenvalue weighted by Gasteiger charge is 2.28. The molecular formula is C20H11Cl4N5O2. The third-order valence-corrected chi connectivity index (χ3v) is 6.09. The molecule has 0 atom stereocenters. The van der Waals surface area contributed by atoms with Gasteiger partial charge in [-0.25, -0.2) is 9.97 Å². The van der Waals surface area contributed by atoms with Crippen LogP contribution in [0.25, 0.3) is 33.3 Å². The highest BCUT2D eigenvalue weighted by molar-refractivity contribution is 6.42. The van der Waals surface area contributed by atoms with Crippen LogP contribution in [-0.4, -0.2) is 14.9 Å². The summed E-state index contributed by atoms with van der Waals surface area (Å²) in [6, 6.07) is 10.9. The van der Waals surface area contributed by atoms with Gasteiger partial charge < -0.3 is 11.5 Å². The number of nitrogens with two attached hydrogens (primary N) is 2. The van der Waals surface area contributed by atoms with Crippen LogP contribution in [0.5, 0.6) is 0 Å². The van der Waals surface area contributed by atoms with Crippen molar-refractivity contribution < 1.29 is 4.92 Å². The van der Waals surface area contributed by atoms with Crippen LogP contribution in [0.1, 0.15) is 0 Å². The first-order chi connectivity index (χ1) is 14.7. The van der Waals surface area contributed by atoms with E-state index < -0.39 is 4.92 Å². The number of rotatable bonds is 3. The number of fused-ring (bicyclic) bond motifs is 1. The van der Waals surface area contributed by atoms with Gasteiger partial charge in [0.25, 0.3) is 5.69 Å². The van der Waals surface area contributed by atoms with Gasteiger partial charge in [-0.15, -0.1) is 0 Å². The lowest BCUT2D eigenvalue weighted by molar-refractivity contribution is -0.383. The van der Waals surface area contributed by atoms with E-state index >= 15 is 0 Å². The first-order valence-electron chi connectivity index (χ1n) is 8.62. The zero-order valence-corrected chi connectivity index (χ0v) is 18.4. The van der Waals surface area contributed by atoms with Crippen molar-refractivity contribution in [1.29, 1.82) is 0 Å². The molecule has 7 nitrogen and oxygen atoms in total. The average molecular weight is 495 g/mol. The summed E-state index contributed by atoms with van der Waals surface area (Å²) in [5, 5.41) is 13.3. The maximum atomic E-state index is 12.3. The predicted octanol–water partition coefficient (Wildman–Crippen LogP) is 6.65. The fourth-order valence-electron chi connectivity index (χ4n) is 3.21. The molecule has 0 saturated heterocycles. The van der Waals surface area contributed by atoms with Gasteiger partial charge in [0.2, 0.25) is 0 Å². The fourth-order valence-corrected chi connectivity index (χ4v) is 3.81. The van der Waals surface area contributed by atoms with Crippen molar-refractivity contribution in [2.75, 3.05) is 11.5 Å². The lowest BCUT2D eigenvalue weighted by atomic mass is 9.94. The van der Waals surface area contributed by atoms with Crippen LogP contribution in [0.2, 0.25) is 20.1 Å². The van der Waals surface area contributed by atoms with Gasteiger partial charge in [-0.2, -0.15) is 0 Å². The molecule has 1 aromatic heterocycles. The van der Waals surface area contributed by atoms with Gasteiger partial charge in [0.15, 0.2) is 11.6 Å². The third kappa shape index (κ3) is 3.81. The molecule has 3 aromatic carbocycles. The van der Waals surface area contributed by atoms with E-state index in [4.69, 9.17) is 57.9 Å². The smallest absolute Gasteiger partial charge is 0.287 e. The molecule has 1 heterocycles. The number of halogens is 4. The minimum Gasteiger partial charge on any atom is -0.381 e. The van der Waals surface area contributed by atoms with Crippen LogP contribution in [0.4, 0.5) is 17.3 Å². The van der Waals surface area contributed by atoms with Crippen molar-refractivity contribution in [2.24, 2.45) is 0 Å². The minimum atomic E-state index is -0.511. The Morgan fingerprint density at radius 2 is 1.32 bits per heavy atom. The Labute approximate surface area is 195 Å². The van der Waals surface area contributed by atoms with Crippen molar-refractivity contribution in [3.63, 3.8) is 0 Å². The molecule has 0 aliphatic rings. The number of benzene rings is 3. The normalized spacial score (nSPS) is 11.1. The van der Waals surface area contributed by atoms with Gasteiger partial charge in [0.05, 0.1) is 41.7 Å². The lowest BCUT2D eigenvalue weighted by Crippen LogP contribution is -2.04. The summed E-state index contributed by atoms with van der Waals surface area (Å²) in [6.45, 7) is 0. The maximum Gasteiger partial charge on any atom is 0.287 e. The van der Waals surface area contributed by atoms with Crippen LogP contribution < -0.4 is 11.5 Å². The second kappa shape index (κ2) is 8.01. The van der Waals surface area contributed by atoms with Crippen molar-refractivity contribution in [3.05, 3.63) is 72.7 Å². The van der Waals surface area contributed by atoms with Crippen LogP contribution in [0, 0.1) is 10.1 Å². The van der Waals surface area contributed by atoms with Crippen molar-refractivity contribution in [2.45, 2.75) is 0 Å². The van der Waals surface area contributed by atoms with Gasteiger partial charge in [-0.3, -0.25) is 10.1 Å². The van der Waals surface area contributed by atoms with Gasteiger partial charge >= 0.3 is 0 Å². The number of nitro groups is 1. The van der Waals surface area contributed by atoms with Crippen molar-refractivity contribution in [1.82, 2.24) is 9.97 Å². The molecule has 11 heteroatoms. The summed E-state index contributed by atoms with van der Waals surface area (Å²) in [4.78, 5) is 20.3. The molecule has 4 aromatic rings. The number of aromatic nitrogens is 2. The second-order valence-corrected chi connectivity index (χ2v) is 8.15. The molecule has 0 aliphatic heterocycles. The third-order valence-electron chi connectivity index (χ3n) is 4.61. The van der Waals surface area contributed by atoms with Crippen molar-refractivity contribution in [3.8, 4) is 22.3 Å². The fraction of sp³-hybridized carbons (Fsp3) is 0.